The highest BCUT2D eigenvalue weighted by atomic mass is 16.6. The van der Waals surface area contributed by atoms with Gasteiger partial charge >= 0.3 is 0 Å². The number of nitrogens with zero attached hydrogens (tertiary/aromatic N) is 3. The Morgan fingerprint density at radius 1 is 0.912 bits per heavy atom. The van der Waals surface area contributed by atoms with Gasteiger partial charge in [0.1, 0.15) is 5.69 Å². The highest BCUT2D eigenvalue weighted by Crippen LogP contribution is 2.23. The van der Waals surface area contributed by atoms with E-state index in [1.54, 1.807) is 16.9 Å². The summed E-state index contributed by atoms with van der Waals surface area (Å²) < 4.78 is 1.60. The standard InChI is InChI=1S/C25H19N5O4/c31-23(15-14-18-8-7-13-21(16-18)30(33)34)26-27-25(32)22-17-29(20-11-5-2-6-12-20)28-24(22)19-9-3-1-4-10-19/h1-17H,(H,26,31)(H,27,32)/b15-14+. The Hall–Kier alpha value is -5.05. The van der Waals surface area contributed by atoms with Crippen LogP contribution in [0.4, 0.5) is 5.69 Å². The molecular formula is C25H19N5O4. The van der Waals surface area contributed by atoms with Gasteiger partial charge in [0.05, 0.1) is 16.2 Å². The van der Waals surface area contributed by atoms with Crippen LogP contribution in [0.3, 0.4) is 0 Å². The molecule has 0 atom stereocenters. The lowest BCUT2D eigenvalue weighted by molar-refractivity contribution is -0.384. The Kier molecular flexibility index (Phi) is 6.55. The zero-order valence-corrected chi connectivity index (χ0v) is 17.8. The van der Waals surface area contributed by atoms with Crippen molar-refractivity contribution in [1.29, 1.82) is 0 Å². The molecule has 0 spiro atoms. The van der Waals surface area contributed by atoms with Crippen LogP contribution in [0.2, 0.25) is 0 Å². The molecule has 2 N–H and O–H groups in total. The minimum atomic E-state index is -0.600. The number of amides is 2. The van der Waals surface area contributed by atoms with E-state index in [0.29, 0.717) is 11.3 Å². The maximum absolute atomic E-state index is 12.9. The third-order valence-corrected chi connectivity index (χ3v) is 4.83. The van der Waals surface area contributed by atoms with Crippen molar-refractivity contribution in [3.05, 3.63) is 118 Å². The Balaban J connectivity index is 1.50. The van der Waals surface area contributed by atoms with Gasteiger partial charge in [-0.3, -0.25) is 30.6 Å². The SMILES string of the molecule is O=C(/C=C/c1cccc([N+](=O)[O-])c1)NNC(=O)c1cn(-c2ccccc2)nc1-c1ccccc1. The number of non-ortho nitro benzene ring substituents is 1. The molecule has 0 fully saturated rings. The molecule has 0 bridgehead atoms. The molecule has 9 heteroatoms. The largest absolute Gasteiger partial charge is 0.273 e. The van der Waals surface area contributed by atoms with Gasteiger partial charge in [-0.2, -0.15) is 5.10 Å². The molecule has 0 saturated heterocycles. The van der Waals surface area contributed by atoms with Gasteiger partial charge in [-0.05, 0) is 23.8 Å². The van der Waals surface area contributed by atoms with Crippen molar-refractivity contribution in [2.75, 3.05) is 0 Å². The van der Waals surface area contributed by atoms with Crippen LogP contribution in [0.5, 0.6) is 0 Å². The van der Waals surface area contributed by atoms with E-state index in [1.165, 1.54) is 30.4 Å². The highest BCUT2D eigenvalue weighted by Gasteiger charge is 2.19. The summed E-state index contributed by atoms with van der Waals surface area (Å²) in [6, 6.07) is 24.4. The number of nitro benzene ring substituents is 1. The lowest BCUT2D eigenvalue weighted by atomic mass is 10.1. The van der Waals surface area contributed by atoms with E-state index >= 15 is 0 Å². The second-order valence-corrected chi connectivity index (χ2v) is 7.17. The number of nitro groups is 1. The maximum Gasteiger partial charge on any atom is 0.273 e. The van der Waals surface area contributed by atoms with Crippen LogP contribution in [0.15, 0.2) is 97.2 Å². The van der Waals surface area contributed by atoms with Crippen molar-refractivity contribution in [1.82, 2.24) is 20.6 Å². The van der Waals surface area contributed by atoms with E-state index < -0.39 is 16.7 Å². The molecule has 168 valence electrons. The van der Waals surface area contributed by atoms with Gasteiger partial charge in [-0.25, -0.2) is 4.68 Å². The Bertz CT molecular complexity index is 1360. The molecule has 0 aliphatic heterocycles. The van der Waals surface area contributed by atoms with Crippen molar-refractivity contribution in [2.45, 2.75) is 0 Å². The van der Waals surface area contributed by atoms with Gasteiger partial charge in [0.15, 0.2) is 0 Å². The Morgan fingerprint density at radius 2 is 1.62 bits per heavy atom. The minimum Gasteiger partial charge on any atom is -0.268 e. The second-order valence-electron chi connectivity index (χ2n) is 7.17. The van der Waals surface area contributed by atoms with E-state index in [2.05, 4.69) is 16.0 Å². The zero-order valence-electron chi connectivity index (χ0n) is 17.8. The number of nitrogens with one attached hydrogen (secondary N) is 2. The predicted octanol–water partition coefficient (Wildman–Crippen LogP) is 3.92. The van der Waals surface area contributed by atoms with Crippen molar-refractivity contribution < 1.29 is 14.5 Å². The average molecular weight is 453 g/mol. The van der Waals surface area contributed by atoms with Crippen molar-refractivity contribution >= 4 is 23.6 Å². The number of para-hydroxylation sites is 1. The number of carbonyl (C=O) groups is 2. The van der Waals surface area contributed by atoms with Gasteiger partial charge in [0.25, 0.3) is 17.5 Å². The molecule has 0 radical (unpaired) electrons. The maximum atomic E-state index is 12.9. The molecule has 1 heterocycles. The monoisotopic (exact) mass is 453 g/mol. The third kappa shape index (κ3) is 5.22. The third-order valence-electron chi connectivity index (χ3n) is 4.83. The molecule has 3 aromatic carbocycles. The van der Waals surface area contributed by atoms with E-state index in [-0.39, 0.29) is 11.3 Å². The summed E-state index contributed by atoms with van der Waals surface area (Å²) >= 11 is 0. The molecule has 4 rings (SSSR count). The second kappa shape index (κ2) is 10.0. The van der Waals surface area contributed by atoms with Gasteiger partial charge in [0.2, 0.25) is 0 Å². The molecule has 4 aromatic rings. The van der Waals surface area contributed by atoms with Crippen molar-refractivity contribution in [3.63, 3.8) is 0 Å². The number of carbonyl (C=O) groups excluding carboxylic acids is 2. The first-order valence-electron chi connectivity index (χ1n) is 10.2. The van der Waals surface area contributed by atoms with Gasteiger partial charge in [-0.15, -0.1) is 0 Å². The van der Waals surface area contributed by atoms with E-state index in [9.17, 15) is 19.7 Å². The van der Waals surface area contributed by atoms with Crippen molar-refractivity contribution in [3.8, 4) is 16.9 Å². The highest BCUT2D eigenvalue weighted by molar-refractivity contribution is 6.01. The fourth-order valence-corrected chi connectivity index (χ4v) is 3.20. The van der Waals surface area contributed by atoms with Crippen molar-refractivity contribution in [2.24, 2.45) is 0 Å². The van der Waals surface area contributed by atoms with E-state index in [4.69, 9.17) is 0 Å². The normalized spacial score (nSPS) is 10.7. The first-order chi connectivity index (χ1) is 16.5. The minimum absolute atomic E-state index is 0.0836. The van der Waals surface area contributed by atoms with Crippen LogP contribution in [-0.2, 0) is 4.79 Å². The van der Waals surface area contributed by atoms with Crippen LogP contribution in [0.1, 0.15) is 15.9 Å². The van der Waals surface area contributed by atoms with Gasteiger partial charge < -0.3 is 0 Å². The van der Waals surface area contributed by atoms with Crippen LogP contribution in [-0.4, -0.2) is 26.5 Å². The topological polar surface area (TPSA) is 119 Å². The molecular weight excluding hydrogens is 434 g/mol. The first kappa shape index (κ1) is 22.2. The number of rotatable bonds is 6. The summed E-state index contributed by atoms with van der Waals surface area (Å²) in [6.45, 7) is 0. The van der Waals surface area contributed by atoms with E-state index in [1.807, 2.05) is 60.7 Å². The summed E-state index contributed by atoms with van der Waals surface area (Å²) in [5, 5.41) is 15.4. The first-order valence-corrected chi connectivity index (χ1v) is 10.2. The number of hydrazine groups is 1. The fourth-order valence-electron chi connectivity index (χ4n) is 3.20. The predicted molar refractivity (Wildman–Crippen MR) is 127 cm³/mol. The number of hydrogen-bond donors (Lipinski definition) is 2. The van der Waals surface area contributed by atoms with Gasteiger partial charge in [-0.1, -0.05) is 60.7 Å². The summed E-state index contributed by atoms with van der Waals surface area (Å²) in [5.41, 5.74) is 7.37. The van der Waals surface area contributed by atoms with Crippen LogP contribution < -0.4 is 10.9 Å². The van der Waals surface area contributed by atoms with Crippen LogP contribution in [0, 0.1) is 10.1 Å². The zero-order chi connectivity index (χ0) is 23.9. The smallest absolute Gasteiger partial charge is 0.268 e. The Morgan fingerprint density at radius 3 is 2.32 bits per heavy atom. The molecule has 0 aliphatic carbocycles. The lowest BCUT2D eigenvalue weighted by Gasteiger charge is -2.05. The molecule has 34 heavy (non-hydrogen) atoms. The molecule has 0 unspecified atom stereocenters. The van der Waals surface area contributed by atoms with Gasteiger partial charge in [0, 0.05) is 30.0 Å². The summed E-state index contributed by atoms with van der Waals surface area (Å²) in [6.07, 6.45) is 4.18. The summed E-state index contributed by atoms with van der Waals surface area (Å²) in [7, 11) is 0. The quantitative estimate of drug-likeness (QED) is 0.261. The molecule has 9 nitrogen and oxygen atoms in total. The number of hydrogen-bond acceptors (Lipinski definition) is 5. The number of benzene rings is 3. The molecule has 0 aliphatic rings. The fraction of sp³-hybridized carbons (Fsp3) is 0. The molecule has 1 aromatic heterocycles. The average Bonchev–Trinajstić information content (AvgIpc) is 3.33. The molecule has 2 amide bonds. The Labute approximate surface area is 194 Å². The summed E-state index contributed by atoms with van der Waals surface area (Å²) in [5.74, 6) is -1.14. The molecule has 0 saturated carbocycles. The van der Waals surface area contributed by atoms with E-state index in [0.717, 1.165) is 11.3 Å². The summed E-state index contributed by atoms with van der Waals surface area (Å²) in [4.78, 5) is 35.4. The lowest BCUT2D eigenvalue weighted by Crippen LogP contribution is -2.40. The van der Waals surface area contributed by atoms with Crippen LogP contribution in [0.25, 0.3) is 23.0 Å². The number of aromatic nitrogens is 2. The van der Waals surface area contributed by atoms with Crippen LogP contribution >= 0.6 is 0 Å².